The van der Waals surface area contributed by atoms with Crippen molar-refractivity contribution in [2.45, 2.75) is 38.8 Å². The molecule has 3 rings (SSSR count). The van der Waals surface area contributed by atoms with Crippen molar-refractivity contribution in [1.82, 2.24) is 14.5 Å². The number of aryl methyl sites for hydroxylation is 2. The number of likely N-dealkylation sites (tertiary alicyclic amines) is 1. The van der Waals surface area contributed by atoms with Gasteiger partial charge in [0.15, 0.2) is 5.16 Å². The molecular weight excluding hydrogens is 318 g/mol. The van der Waals surface area contributed by atoms with Gasteiger partial charge in [0.1, 0.15) is 0 Å². The Morgan fingerprint density at radius 1 is 1.38 bits per heavy atom. The summed E-state index contributed by atoms with van der Waals surface area (Å²) in [5.41, 5.74) is 3.59. The fourth-order valence-corrected chi connectivity index (χ4v) is 4.16. The average Bonchev–Trinajstić information content (AvgIpc) is 3.01. The Morgan fingerprint density at radius 3 is 2.96 bits per heavy atom. The lowest BCUT2D eigenvalue weighted by atomic mass is 10.0. The van der Waals surface area contributed by atoms with E-state index in [1.807, 2.05) is 11.1 Å². The maximum absolute atomic E-state index is 12.5. The highest BCUT2D eigenvalue weighted by Crippen LogP contribution is 2.24. The molecule has 1 aromatic heterocycles. The standard InChI is InChI=1S/C19H25N3OS/c1-14-6-7-17(16(3)11-14)22-10-8-20-19(22)24-13-18(23)21-9-4-5-15(2)12-21/h6-8,10-11,15H,4-5,9,12-13H2,1-3H3/t15-/m1/s1. The van der Waals surface area contributed by atoms with Gasteiger partial charge in [-0.15, -0.1) is 0 Å². The van der Waals surface area contributed by atoms with E-state index < -0.39 is 0 Å². The molecule has 0 aliphatic carbocycles. The Bertz CT molecular complexity index is 725. The number of carbonyl (C=O) groups is 1. The van der Waals surface area contributed by atoms with Crippen molar-refractivity contribution in [3.05, 3.63) is 41.7 Å². The third-order valence-electron chi connectivity index (χ3n) is 4.55. The monoisotopic (exact) mass is 343 g/mol. The predicted molar refractivity (Wildman–Crippen MR) is 98.7 cm³/mol. The van der Waals surface area contributed by atoms with E-state index in [4.69, 9.17) is 0 Å². The van der Waals surface area contributed by atoms with E-state index >= 15 is 0 Å². The average molecular weight is 343 g/mol. The zero-order valence-electron chi connectivity index (χ0n) is 14.7. The molecule has 0 radical (unpaired) electrons. The van der Waals surface area contributed by atoms with Gasteiger partial charge in [-0.05, 0) is 44.2 Å². The molecule has 128 valence electrons. The zero-order valence-corrected chi connectivity index (χ0v) is 15.5. The van der Waals surface area contributed by atoms with Gasteiger partial charge in [-0.3, -0.25) is 9.36 Å². The number of carbonyl (C=O) groups excluding carboxylic acids is 1. The number of benzene rings is 1. The van der Waals surface area contributed by atoms with Crippen molar-refractivity contribution in [3.63, 3.8) is 0 Å². The molecule has 5 heteroatoms. The minimum Gasteiger partial charge on any atom is -0.342 e. The molecule has 2 aromatic rings. The lowest BCUT2D eigenvalue weighted by Gasteiger charge is -2.30. The van der Waals surface area contributed by atoms with Crippen molar-refractivity contribution in [2.75, 3.05) is 18.8 Å². The number of imidazole rings is 1. The summed E-state index contributed by atoms with van der Waals surface area (Å²) in [6.07, 6.45) is 6.12. The smallest absolute Gasteiger partial charge is 0.233 e. The van der Waals surface area contributed by atoms with Crippen LogP contribution in [0.25, 0.3) is 5.69 Å². The van der Waals surface area contributed by atoms with Gasteiger partial charge in [0, 0.05) is 25.5 Å². The number of piperidine rings is 1. The Morgan fingerprint density at radius 2 is 2.21 bits per heavy atom. The van der Waals surface area contributed by atoms with Crippen molar-refractivity contribution in [2.24, 2.45) is 5.92 Å². The number of hydrogen-bond donors (Lipinski definition) is 0. The first-order valence-corrected chi connectivity index (χ1v) is 9.54. The van der Waals surface area contributed by atoms with Gasteiger partial charge < -0.3 is 4.90 Å². The largest absolute Gasteiger partial charge is 0.342 e. The molecule has 4 nitrogen and oxygen atoms in total. The van der Waals surface area contributed by atoms with Crippen molar-refractivity contribution in [3.8, 4) is 5.69 Å². The molecule has 0 N–H and O–H groups in total. The summed E-state index contributed by atoms with van der Waals surface area (Å²) in [5, 5.41) is 0.875. The SMILES string of the molecule is Cc1ccc(-n2ccnc2SCC(=O)N2CCC[C@@H](C)C2)c(C)c1. The van der Waals surface area contributed by atoms with Crippen LogP contribution in [0.1, 0.15) is 30.9 Å². The zero-order chi connectivity index (χ0) is 17.1. The normalized spacial score (nSPS) is 18.0. The lowest BCUT2D eigenvalue weighted by molar-refractivity contribution is -0.130. The van der Waals surface area contributed by atoms with Crippen LogP contribution in [0.15, 0.2) is 35.7 Å². The van der Waals surface area contributed by atoms with E-state index in [2.05, 4.69) is 48.5 Å². The maximum atomic E-state index is 12.5. The van der Waals surface area contributed by atoms with E-state index in [1.165, 1.54) is 29.3 Å². The highest BCUT2D eigenvalue weighted by molar-refractivity contribution is 7.99. The van der Waals surface area contributed by atoms with Crippen LogP contribution in [0.4, 0.5) is 0 Å². The first-order valence-electron chi connectivity index (χ1n) is 8.56. The Kier molecular flexibility index (Phi) is 5.29. The quantitative estimate of drug-likeness (QED) is 0.792. The molecule has 0 saturated carbocycles. The van der Waals surface area contributed by atoms with Crippen LogP contribution in [0, 0.1) is 19.8 Å². The summed E-state index contributed by atoms with van der Waals surface area (Å²) in [6.45, 7) is 8.22. The predicted octanol–water partition coefficient (Wildman–Crippen LogP) is 3.84. The molecule has 2 heterocycles. The van der Waals surface area contributed by atoms with Gasteiger partial charge in [0.05, 0.1) is 11.4 Å². The van der Waals surface area contributed by atoms with E-state index in [0.29, 0.717) is 11.7 Å². The summed E-state index contributed by atoms with van der Waals surface area (Å²) >= 11 is 1.53. The number of nitrogens with zero attached hydrogens (tertiary/aromatic N) is 3. The van der Waals surface area contributed by atoms with Crippen molar-refractivity contribution in [1.29, 1.82) is 0 Å². The fourth-order valence-electron chi connectivity index (χ4n) is 3.29. The Balaban J connectivity index is 1.68. The van der Waals surface area contributed by atoms with Gasteiger partial charge in [0.25, 0.3) is 0 Å². The molecule has 1 atom stereocenters. The van der Waals surface area contributed by atoms with Crippen LogP contribution in [0.2, 0.25) is 0 Å². The van der Waals surface area contributed by atoms with Gasteiger partial charge in [-0.1, -0.05) is 36.4 Å². The Hall–Kier alpha value is -1.75. The number of rotatable bonds is 4. The molecule has 0 unspecified atom stereocenters. The minimum absolute atomic E-state index is 0.224. The van der Waals surface area contributed by atoms with E-state index in [1.54, 1.807) is 6.20 Å². The third-order valence-corrected chi connectivity index (χ3v) is 5.50. The summed E-state index contributed by atoms with van der Waals surface area (Å²) in [6, 6.07) is 6.39. The summed E-state index contributed by atoms with van der Waals surface area (Å²) in [7, 11) is 0. The molecule has 1 fully saturated rings. The molecule has 0 spiro atoms. The van der Waals surface area contributed by atoms with Crippen LogP contribution in [-0.2, 0) is 4.79 Å². The highest BCUT2D eigenvalue weighted by Gasteiger charge is 2.21. The second kappa shape index (κ2) is 7.43. The molecule has 1 aliphatic heterocycles. The first kappa shape index (κ1) is 17.1. The summed E-state index contributed by atoms with van der Waals surface area (Å²) in [4.78, 5) is 18.9. The highest BCUT2D eigenvalue weighted by atomic mass is 32.2. The molecule has 0 bridgehead atoms. The van der Waals surface area contributed by atoms with Crippen LogP contribution in [-0.4, -0.2) is 39.2 Å². The second-order valence-electron chi connectivity index (χ2n) is 6.75. The molecule has 1 amide bonds. The fraction of sp³-hybridized carbons (Fsp3) is 0.474. The topological polar surface area (TPSA) is 38.1 Å². The Labute approximate surface area is 148 Å². The van der Waals surface area contributed by atoms with Gasteiger partial charge in [0.2, 0.25) is 5.91 Å². The summed E-state index contributed by atoms with van der Waals surface area (Å²) in [5.74, 6) is 1.29. The van der Waals surface area contributed by atoms with E-state index in [9.17, 15) is 4.79 Å². The second-order valence-corrected chi connectivity index (χ2v) is 7.69. The van der Waals surface area contributed by atoms with Crippen molar-refractivity contribution < 1.29 is 4.79 Å². The van der Waals surface area contributed by atoms with Crippen LogP contribution >= 0.6 is 11.8 Å². The molecule has 1 saturated heterocycles. The summed E-state index contributed by atoms with van der Waals surface area (Å²) < 4.78 is 2.07. The van der Waals surface area contributed by atoms with E-state index in [0.717, 1.165) is 30.4 Å². The lowest BCUT2D eigenvalue weighted by Crippen LogP contribution is -2.40. The van der Waals surface area contributed by atoms with Gasteiger partial charge >= 0.3 is 0 Å². The number of hydrogen-bond acceptors (Lipinski definition) is 3. The van der Waals surface area contributed by atoms with Crippen molar-refractivity contribution >= 4 is 17.7 Å². The molecule has 1 aromatic carbocycles. The minimum atomic E-state index is 0.224. The van der Waals surface area contributed by atoms with E-state index in [-0.39, 0.29) is 5.91 Å². The van der Waals surface area contributed by atoms with Crippen LogP contribution in [0.3, 0.4) is 0 Å². The first-order chi connectivity index (χ1) is 11.5. The number of aromatic nitrogens is 2. The number of thioether (sulfide) groups is 1. The van der Waals surface area contributed by atoms with Gasteiger partial charge in [-0.2, -0.15) is 0 Å². The molecule has 24 heavy (non-hydrogen) atoms. The van der Waals surface area contributed by atoms with Crippen LogP contribution < -0.4 is 0 Å². The van der Waals surface area contributed by atoms with Crippen LogP contribution in [0.5, 0.6) is 0 Å². The maximum Gasteiger partial charge on any atom is 0.233 e. The third kappa shape index (κ3) is 3.83. The van der Waals surface area contributed by atoms with Gasteiger partial charge in [-0.25, -0.2) is 4.98 Å². The number of amides is 1. The molecular formula is C19H25N3OS. The molecule has 1 aliphatic rings.